The summed E-state index contributed by atoms with van der Waals surface area (Å²) in [4.78, 5) is 34.9. The molecule has 2 aromatic rings. The van der Waals surface area contributed by atoms with Gasteiger partial charge in [0.05, 0.1) is 18.9 Å². The third kappa shape index (κ3) is 10.8. The summed E-state index contributed by atoms with van der Waals surface area (Å²) >= 11 is 0. The van der Waals surface area contributed by atoms with Gasteiger partial charge in [-0.05, 0) is 36.5 Å². The van der Waals surface area contributed by atoms with Gasteiger partial charge in [-0.3, -0.25) is 14.4 Å². The van der Waals surface area contributed by atoms with Crippen LogP contribution in [0.4, 0.5) is 0 Å². The van der Waals surface area contributed by atoms with Crippen LogP contribution in [0, 0.1) is 5.92 Å². The molecule has 0 bridgehead atoms. The van der Waals surface area contributed by atoms with Gasteiger partial charge in [0.15, 0.2) is 0 Å². The van der Waals surface area contributed by atoms with E-state index in [0.29, 0.717) is 19.4 Å². The van der Waals surface area contributed by atoms with E-state index < -0.39 is 5.97 Å². The molecule has 8 heteroatoms. The Bertz CT molecular complexity index is 850. The summed E-state index contributed by atoms with van der Waals surface area (Å²) in [5.74, 6) is -2.03. The maximum absolute atomic E-state index is 12.2. The van der Waals surface area contributed by atoms with Crippen LogP contribution in [-0.4, -0.2) is 35.6 Å². The second kappa shape index (κ2) is 16.1. The van der Waals surface area contributed by atoms with E-state index in [-0.39, 0.29) is 95.6 Å². The molecule has 2 rings (SSSR count). The molecule has 0 saturated carbocycles. The molecule has 0 aliphatic heterocycles. The third-order valence-corrected chi connectivity index (χ3v) is 4.80. The predicted molar refractivity (Wildman–Crippen MR) is 121 cm³/mol. The minimum atomic E-state index is -1.02. The van der Waals surface area contributed by atoms with E-state index in [4.69, 9.17) is 9.84 Å². The SMILES string of the molecule is CCOC(=O)C(C)CC(Cc1ccc(-c2ccccc2)cc1)NC(=O)CCC(=O)O.N.[H-].[K+]. The quantitative estimate of drug-likeness (QED) is 0.335. The second-order valence-corrected chi connectivity index (χ2v) is 7.31. The summed E-state index contributed by atoms with van der Waals surface area (Å²) in [7, 11) is 0. The number of carbonyl (C=O) groups excluding carboxylic acids is 2. The molecule has 1 amide bonds. The van der Waals surface area contributed by atoms with Crippen LogP contribution in [0.5, 0.6) is 0 Å². The van der Waals surface area contributed by atoms with Crippen molar-refractivity contribution in [2.45, 2.75) is 45.6 Å². The molecule has 0 aliphatic carbocycles. The summed E-state index contributed by atoms with van der Waals surface area (Å²) in [6.45, 7) is 3.83. The molecular weight excluding hydrogens is 435 g/mol. The minimum absolute atomic E-state index is 0. The van der Waals surface area contributed by atoms with Crippen LogP contribution < -0.4 is 62.9 Å². The Morgan fingerprint density at radius 3 is 2.16 bits per heavy atom. The van der Waals surface area contributed by atoms with Gasteiger partial charge in [0.25, 0.3) is 0 Å². The van der Waals surface area contributed by atoms with E-state index in [0.717, 1.165) is 16.7 Å². The standard InChI is InChI=1S/C24H29NO5.K.H3N.H/c1-3-30-24(29)17(2)15-21(25-22(26)13-14-23(27)28)16-18-9-11-20(12-10-18)19-7-5-4-6-8-19;;;/h4-12,17,21H,3,13-16H2,1-2H3,(H,25,26)(H,27,28);;1H3;/q;+1;;-1. The molecule has 2 atom stereocenters. The van der Waals surface area contributed by atoms with Crippen LogP contribution in [0.2, 0.25) is 0 Å². The molecule has 0 saturated heterocycles. The fraction of sp³-hybridized carbons (Fsp3) is 0.375. The summed E-state index contributed by atoms with van der Waals surface area (Å²) in [6.07, 6.45) is 0.639. The Morgan fingerprint density at radius 2 is 1.59 bits per heavy atom. The van der Waals surface area contributed by atoms with Crippen LogP contribution >= 0.6 is 0 Å². The van der Waals surface area contributed by atoms with Crippen molar-refractivity contribution in [1.82, 2.24) is 11.5 Å². The number of hydrogen-bond donors (Lipinski definition) is 3. The molecule has 0 heterocycles. The van der Waals surface area contributed by atoms with Gasteiger partial charge in [0.2, 0.25) is 5.91 Å². The third-order valence-electron chi connectivity index (χ3n) is 4.80. The largest absolute Gasteiger partial charge is 1.00 e. The van der Waals surface area contributed by atoms with Gasteiger partial charge in [-0.2, -0.15) is 0 Å². The average molecular weight is 469 g/mol. The van der Waals surface area contributed by atoms with Crippen LogP contribution in [0.3, 0.4) is 0 Å². The van der Waals surface area contributed by atoms with Crippen LogP contribution in [0.15, 0.2) is 54.6 Å². The molecule has 32 heavy (non-hydrogen) atoms. The molecule has 7 nitrogen and oxygen atoms in total. The van der Waals surface area contributed by atoms with E-state index in [1.807, 2.05) is 54.6 Å². The monoisotopic (exact) mass is 468 g/mol. The zero-order chi connectivity index (χ0) is 21.9. The second-order valence-electron chi connectivity index (χ2n) is 7.31. The van der Waals surface area contributed by atoms with Crippen molar-refractivity contribution in [2.75, 3.05) is 6.61 Å². The normalized spacial score (nSPS) is 11.8. The molecule has 170 valence electrons. The average Bonchev–Trinajstić information content (AvgIpc) is 2.73. The van der Waals surface area contributed by atoms with Gasteiger partial charge < -0.3 is 22.7 Å². The number of carbonyl (C=O) groups is 3. The summed E-state index contributed by atoms with van der Waals surface area (Å²) in [5, 5.41) is 11.7. The first kappa shape index (κ1) is 30.4. The number of ether oxygens (including phenoxy) is 1. The number of benzene rings is 2. The fourth-order valence-electron chi connectivity index (χ4n) is 3.27. The van der Waals surface area contributed by atoms with Crippen LogP contribution in [0.1, 0.15) is 40.1 Å². The van der Waals surface area contributed by atoms with E-state index in [1.165, 1.54) is 0 Å². The van der Waals surface area contributed by atoms with Crippen molar-refractivity contribution in [3.63, 3.8) is 0 Å². The predicted octanol–water partition coefficient (Wildman–Crippen LogP) is 1.11. The Labute approximate surface area is 233 Å². The topological polar surface area (TPSA) is 128 Å². The molecule has 2 unspecified atom stereocenters. The maximum atomic E-state index is 12.2. The molecule has 0 spiro atoms. The van der Waals surface area contributed by atoms with Crippen molar-refractivity contribution in [1.29, 1.82) is 0 Å². The van der Waals surface area contributed by atoms with Crippen LogP contribution in [-0.2, 0) is 25.5 Å². The summed E-state index contributed by atoms with van der Waals surface area (Å²) in [5.41, 5.74) is 3.24. The maximum Gasteiger partial charge on any atom is 1.00 e. The first-order valence-corrected chi connectivity index (χ1v) is 10.2. The van der Waals surface area contributed by atoms with Gasteiger partial charge >= 0.3 is 63.3 Å². The number of amides is 1. The summed E-state index contributed by atoms with van der Waals surface area (Å²) < 4.78 is 5.07. The van der Waals surface area contributed by atoms with Gasteiger partial charge in [-0.1, -0.05) is 61.5 Å². The number of nitrogens with one attached hydrogen (secondary N) is 1. The smallest absolute Gasteiger partial charge is 1.00 e. The Balaban J connectivity index is 0. The van der Waals surface area contributed by atoms with Crippen molar-refractivity contribution in [3.05, 3.63) is 60.2 Å². The Morgan fingerprint density at radius 1 is 1.00 bits per heavy atom. The van der Waals surface area contributed by atoms with Gasteiger partial charge in [0, 0.05) is 12.5 Å². The Hall–Kier alpha value is -1.55. The summed E-state index contributed by atoms with van der Waals surface area (Å²) in [6, 6.07) is 17.8. The molecule has 0 radical (unpaired) electrons. The van der Waals surface area contributed by atoms with Gasteiger partial charge in [-0.15, -0.1) is 0 Å². The zero-order valence-corrected chi connectivity index (χ0v) is 22.3. The van der Waals surface area contributed by atoms with Crippen molar-refractivity contribution >= 4 is 17.8 Å². The van der Waals surface area contributed by atoms with E-state index in [1.54, 1.807) is 13.8 Å². The number of hydrogen-bond acceptors (Lipinski definition) is 5. The Kier molecular flexibility index (Phi) is 15.3. The van der Waals surface area contributed by atoms with Crippen molar-refractivity contribution < 1.29 is 77.0 Å². The first-order valence-electron chi connectivity index (χ1n) is 10.2. The molecular formula is C24H33KN2O5. The van der Waals surface area contributed by atoms with Gasteiger partial charge in [0.1, 0.15) is 0 Å². The minimum Gasteiger partial charge on any atom is -1.00 e. The van der Waals surface area contributed by atoms with E-state index in [2.05, 4.69) is 5.32 Å². The fourth-order valence-corrected chi connectivity index (χ4v) is 3.27. The first-order chi connectivity index (χ1) is 14.4. The molecule has 0 fully saturated rings. The van der Waals surface area contributed by atoms with Crippen LogP contribution in [0.25, 0.3) is 11.1 Å². The van der Waals surface area contributed by atoms with Crippen molar-refractivity contribution in [3.8, 4) is 11.1 Å². The van der Waals surface area contributed by atoms with Gasteiger partial charge in [-0.25, -0.2) is 0 Å². The number of carboxylic acids is 1. The zero-order valence-electron chi connectivity index (χ0n) is 20.2. The van der Waals surface area contributed by atoms with Crippen molar-refractivity contribution in [2.24, 2.45) is 5.92 Å². The number of carboxylic acid groups (broad SMARTS) is 1. The van der Waals surface area contributed by atoms with E-state index >= 15 is 0 Å². The molecule has 5 N–H and O–H groups in total. The molecule has 2 aromatic carbocycles. The number of esters is 1. The number of aliphatic carboxylic acids is 1. The molecule has 0 aliphatic rings. The number of rotatable bonds is 11. The van der Waals surface area contributed by atoms with E-state index in [9.17, 15) is 14.4 Å². The molecule has 0 aromatic heterocycles.